The van der Waals surface area contributed by atoms with Gasteiger partial charge >= 0.3 is 0 Å². The lowest BCUT2D eigenvalue weighted by atomic mass is 10.1. The second-order valence-electron chi connectivity index (χ2n) is 8.27. The molecule has 0 saturated heterocycles. The zero-order valence-corrected chi connectivity index (χ0v) is 17.3. The highest BCUT2D eigenvalue weighted by atomic mass is 16.1. The summed E-state index contributed by atoms with van der Waals surface area (Å²) in [6.45, 7) is 0. The van der Waals surface area contributed by atoms with E-state index in [1.54, 1.807) is 24.8 Å². The molecule has 5 heterocycles. The topological polar surface area (TPSA) is 112 Å². The quantitative estimate of drug-likeness (QED) is 0.388. The molecule has 1 fully saturated rings. The zero-order valence-electron chi connectivity index (χ0n) is 17.3. The largest absolute Gasteiger partial charge is 0.353 e. The standard InChI is InChI=1S/C24H21N7O/c32-24(14-3-1-2-4-14)28-17-7-15(11-26-12-17)20-9-18-22(13-27-20)30-31-23(18)21-8-16-10-25-6-5-19(16)29-21/h5-14,29H,1-4H2,(H,28,32)(H,30,31). The molecule has 5 aromatic heterocycles. The molecular weight excluding hydrogens is 402 g/mol. The predicted octanol–water partition coefficient (Wildman–Crippen LogP) is 4.69. The molecular formula is C24H21N7O. The van der Waals surface area contributed by atoms with Crippen molar-refractivity contribution in [1.29, 1.82) is 0 Å². The number of aromatic nitrogens is 6. The predicted molar refractivity (Wildman–Crippen MR) is 123 cm³/mol. The summed E-state index contributed by atoms with van der Waals surface area (Å²) in [5.41, 5.74) is 5.88. The van der Waals surface area contributed by atoms with E-state index < -0.39 is 0 Å². The molecule has 1 saturated carbocycles. The number of amides is 1. The molecule has 0 atom stereocenters. The molecule has 5 aromatic rings. The molecule has 0 bridgehead atoms. The van der Waals surface area contributed by atoms with E-state index in [9.17, 15) is 4.79 Å². The average Bonchev–Trinajstić information content (AvgIpc) is 3.58. The molecule has 1 amide bonds. The average molecular weight is 423 g/mol. The molecule has 0 unspecified atom stereocenters. The van der Waals surface area contributed by atoms with Crippen LogP contribution in [0.15, 0.2) is 55.2 Å². The van der Waals surface area contributed by atoms with Crippen molar-refractivity contribution in [1.82, 2.24) is 30.1 Å². The summed E-state index contributed by atoms with van der Waals surface area (Å²) in [4.78, 5) is 29.0. The number of aromatic amines is 2. The van der Waals surface area contributed by atoms with Crippen LogP contribution in [-0.4, -0.2) is 36.0 Å². The molecule has 0 radical (unpaired) electrons. The summed E-state index contributed by atoms with van der Waals surface area (Å²) in [6.07, 6.45) is 13.0. The first-order valence-electron chi connectivity index (χ1n) is 10.8. The number of fused-ring (bicyclic) bond motifs is 2. The van der Waals surface area contributed by atoms with Crippen molar-refractivity contribution < 1.29 is 4.79 Å². The summed E-state index contributed by atoms with van der Waals surface area (Å²) >= 11 is 0. The van der Waals surface area contributed by atoms with Gasteiger partial charge < -0.3 is 10.3 Å². The van der Waals surface area contributed by atoms with Gasteiger partial charge in [-0.1, -0.05) is 12.8 Å². The molecule has 6 rings (SSSR count). The monoisotopic (exact) mass is 423 g/mol. The van der Waals surface area contributed by atoms with E-state index in [4.69, 9.17) is 0 Å². The van der Waals surface area contributed by atoms with Crippen LogP contribution < -0.4 is 5.32 Å². The van der Waals surface area contributed by atoms with E-state index >= 15 is 0 Å². The molecule has 8 nitrogen and oxygen atoms in total. The van der Waals surface area contributed by atoms with Crippen LogP contribution in [0.3, 0.4) is 0 Å². The third kappa shape index (κ3) is 3.30. The Kier molecular flexibility index (Phi) is 4.41. The van der Waals surface area contributed by atoms with Crippen LogP contribution in [0, 0.1) is 5.92 Å². The normalized spacial score (nSPS) is 14.4. The highest BCUT2D eigenvalue weighted by molar-refractivity contribution is 5.97. The molecule has 1 aliphatic carbocycles. The Morgan fingerprint density at radius 1 is 1.00 bits per heavy atom. The van der Waals surface area contributed by atoms with E-state index in [0.29, 0.717) is 5.69 Å². The molecule has 3 N–H and O–H groups in total. The first kappa shape index (κ1) is 18.7. The van der Waals surface area contributed by atoms with Crippen LogP contribution in [0.4, 0.5) is 5.69 Å². The fourth-order valence-electron chi connectivity index (χ4n) is 4.46. The Morgan fingerprint density at radius 3 is 2.78 bits per heavy atom. The minimum atomic E-state index is 0.0790. The number of carbonyl (C=O) groups excluding carboxylic acids is 1. The number of H-pyrrole nitrogens is 2. The molecule has 1 aliphatic rings. The van der Waals surface area contributed by atoms with E-state index in [1.807, 2.05) is 30.5 Å². The van der Waals surface area contributed by atoms with Gasteiger partial charge in [0.25, 0.3) is 0 Å². The first-order valence-corrected chi connectivity index (χ1v) is 10.8. The Balaban J connectivity index is 1.35. The number of carbonyl (C=O) groups is 1. The maximum atomic E-state index is 12.5. The van der Waals surface area contributed by atoms with Gasteiger partial charge in [0.05, 0.1) is 35.0 Å². The van der Waals surface area contributed by atoms with Crippen molar-refractivity contribution in [3.63, 3.8) is 0 Å². The zero-order chi connectivity index (χ0) is 21.5. The number of anilines is 1. The molecule has 0 aromatic carbocycles. The van der Waals surface area contributed by atoms with E-state index in [-0.39, 0.29) is 11.8 Å². The Morgan fingerprint density at radius 2 is 1.91 bits per heavy atom. The van der Waals surface area contributed by atoms with E-state index in [1.165, 1.54) is 0 Å². The van der Waals surface area contributed by atoms with Crippen LogP contribution in [0.25, 0.3) is 44.5 Å². The number of pyridine rings is 3. The maximum Gasteiger partial charge on any atom is 0.227 e. The van der Waals surface area contributed by atoms with Gasteiger partial charge in [-0.15, -0.1) is 0 Å². The van der Waals surface area contributed by atoms with Gasteiger partial charge in [-0.3, -0.25) is 24.8 Å². The molecule has 0 spiro atoms. The summed E-state index contributed by atoms with van der Waals surface area (Å²) < 4.78 is 0. The number of nitrogens with zero attached hydrogens (tertiary/aromatic N) is 4. The lowest BCUT2D eigenvalue weighted by Crippen LogP contribution is -2.20. The van der Waals surface area contributed by atoms with Crippen molar-refractivity contribution in [3.8, 4) is 22.6 Å². The first-order chi connectivity index (χ1) is 15.7. The van der Waals surface area contributed by atoms with Crippen molar-refractivity contribution in [2.75, 3.05) is 5.32 Å². The van der Waals surface area contributed by atoms with Crippen molar-refractivity contribution in [2.24, 2.45) is 5.92 Å². The fourth-order valence-corrected chi connectivity index (χ4v) is 4.46. The Bertz CT molecular complexity index is 1410. The second kappa shape index (κ2) is 7.56. The van der Waals surface area contributed by atoms with Gasteiger partial charge in [0.1, 0.15) is 5.69 Å². The SMILES string of the molecule is O=C(Nc1cncc(-c2cc3c(-c4cc5cnccc5[nH]4)n[nH]c3cn2)c1)C1CCCC1. The Hall–Kier alpha value is -4.07. The van der Waals surface area contributed by atoms with Crippen molar-refractivity contribution in [2.45, 2.75) is 25.7 Å². The van der Waals surface area contributed by atoms with Gasteiger partial charge in [0.2, 0.25) is 5.91 Å². The van der Waals surface area contributed by atoms with Crippen LogP contribution >= 0.6 is 0 Å². The van der Waals surface area contributed by atoms with Gasteiger partial charge in [-0.2, -0.15) is 5.10 Å². The van der Waals surface area contributed by atoms with E-state index in [0.717, 1.165) is 70.1 Å². The third-order valence-electron chi connectivity index (χ3n) is 6.15. The molecule has 0 aliphatic heterocycles. The smallest absolute Gasteiger partial charge is 0.227 e. The number of hydrogen-bond acceptors (Lipinski definition) is 5. The minimum absolute atomic E-state index is 0.0790. The highest BCUT2D eigenvalue weighted by Crippen LogP contribution is 2.31. The number of nitrogens with one attached hydrogen (secondary N) is 3. The molecule has 32 heavy (non-hydrogen) atoms. The summed E-state index contributed by atoms with van der Waals surface area (Å²) in [5, 5.41) is 12.6. The molecule has 158 valence electrons. The van der Waals surface area contributed by atoms with Gasteiger partial charge in [-0.25, -0.2) is 0 Å². The number of rotatable bonds is 4. The third-order valence-corrected chi connectivity index (χ3v) is 6.15. The summed E-state index contributed by atoms with van der Waals surface area (Å²) in [6, 6.07) is 7.90. The van der Waals surface area contributed by atoms with Gasteiger partial charge in [0.15, 0.2) is 0 Å². The van der Waals surface area contributed by atoms with Crippen molar-refractivity contribution in [3.05, 3.63) is 55.2 Å². The van der Waals surface area contributed by atoms with E-state index in [2.05, 4.69) is 35.5 Å². The summed E-state index contributed by atoms with van der Waals surface area (Å²) in [5.74, 6) is 0.184. The van der Waals surface area contributed by atoms with Gasteiger partial charge in [-0.05, 0) is 37.1 Å². The second-order valence-corrected chi connectivity index (χ2v) is 8.27. The maximum absolute atomic E-state index is 12.5. The van der Waals surface area contributed by atoms with Gasteiger partial charge in [0, 0.05) is 46.4 Å². The van der Waals surface area contributed by atoms with Crippen LogP contribution in [0.1, 0.15) is 25.7 Å². The minimum Gasteiger partial charge on any atom is -0.353 e. The van der Waals surface area contributed by atoms with Crippen molar-refractivity contribution >= 4 is 33.4 Å². The lowest BCUT2D eigenvalue weighted by molar-refractivity contribution is -0.119. The van der Waals surface area contributed by atoms with Crippen LogP contribution in [0.5, 0.6) is 0 Å². The van der Waals surface area contributed by atoms with Crippen LogP contribution in [0.2, 0.25) is 0 Å². The fraction of sp³-hybridized carbons (Fsp3) is 0.208. The van der Waals surface area contributed by atoms with Crippen LogP contribution in [-0.2, 0) is 4.79 Å². The summed E-state index contributed by atoms with van der Waals surface area (Å²) in [7, 11) is 0. The molecule has 8 heteroatoms. The lowest BCUT2D eigenvalue weighted by Gasteiger charge is -2.11. The number of hydrogen-bond donors (Lipinski definition) is 3. The highest BCUT2D eigenvalue weighted by Gasteiger charge is 2.22. The Labute approximate surface area is 183 Å².